The Morgan fingerprint density at radius 2 is 1.84 bits per heavy atom. The molecule has 1 atom stereocenters. The number of amides is 1. The summed E-state index contributed by atoms with van der Waals surface area (Å²) in [6.07, 6.45) is 0.761. The van der Waals surface area contributed by atoms with Crippen LogP contribution in [0.15, 0.2) is 42.5 Å². The molecule has 0 unspecified atom stereocenters. The van der Waals surface area contributed by atoms with Crippen LogP contribution in [0.25, 0.3) is 0 Å². The third-order valence-corrected chi connectivity index (χ3v) is 5.72. The third kappa shape index (κ3) is 4.05. The number of hydrogen-bond acceptors (Lipinski definition) is 4. The summed E-state index contributed by atoms with van der Waals surface area (Å²) in [6, 6.07) is 13.6. The fourth-order valence-corrected chi connectivity index (χ4v) is 4.23. The van der Waals surface area contributed by atoms with Crippen molar-refractivity contribution in [2.75, 3.05) is 26.5 Å². The number of ether oxygens (including phenoxy) is 2. The fraction of sp³-hybridized carbons (Fsp3) is 0.316. The van der Waals surface area contributed by atoms with E-state index in [4.69, 9.17) is 21.1 Å². The van der Waals surface area contributed by atoms with E-state index < -0.39 is 0 Å². The van der Waals surface area contributed by atoms with Crippen LogP contribution in [0, 0.1) is 0 Å². The van der Waals surface area contributed by atoms with Gasteiger partial charge in [0.15, 0.2) is 11.5 Å². The molecule has 6 heteroatoms. The molecule has 0 aromatic heterocycles. The Morgan fingerprint density at radius 3 is 2.52 bits per heavy atom. The monoisotopic (exact) mass is 377 g/mol. The van der Waals surface area contributed by atoms with Gasteiger partial charge in [0.1, 0.15) is 5.37 Å². The molecule has 1 amide bonds. The van der Waals surface area contributed by atoms with Gasteiger partial charge < -0.3 is 14.4 Å². The lowest BCUT2D eigenvalue weighted by atomic mass is 10.1. The Morgan fingerprint density at radius 1 is 1.12 bits per heavy atom. The van der Waals surface area contributed by atoms with Crippen LogP contribution >= 0.6 is 23.4 Å². The van der Waals surface area contributed by atoms with Crippen molar-refractivity contribution in [3.8, 4) is 11.5 Å². The number of rotatable bonds is 6. The van der Waals surface area contributed by atoms with Crippen LogP contribution in [0.4, 0.5) is 0 Å². The van der Waals surface area contributed by atoms with Crippen LogP contribution in [-0.4, -0.2) is 37.3 Å². The van der Waals surface area contributed by atoms with E-state index in [-0.39, 0.29) is 11.3 Å². The van der Waals surface area contributed by atoms with Crippen LogP contribution in [-0.2, 0) is 11.2 Å². The Balaban J connectivity index is 1.72. The first-order valence-corrected chi connectivity index (χ1v) is 9.42. The maximum atomic E-state index is 12.3. The molecule has 1 fully saturated rings. The van der Waals surface area contributed by atoms with Gasteiger partial charge in [-0.3, -0.25) is 4.79 Å². The van der Waals surface area contributed by atoms with E-state index in [9.17, 15) is 4.79 Å². The molecule has 3 rings (SSSR count). The van der Waals surface area contributed by atoms with Crippen molar-refractivity contribution >= 4 is 29.3 Å². The first-order chi connectivity index (χ1) is 12.1. The highest BCUT2D eigenvalue weighted by molar-refractivity contribution is 8.00. The number of methoxy groups -OCH3 is 2. The van der Waals surface area contributed by atoms with Gasteiger partial charge >= 0.3 is 0 Å². The summed E-state index contributed by atoms with van der Waals surface area (Å²) in [5, 5.41) is 0.750. The zero-order valence-corrected chi connectivity index (χ0v) is 15.8. The molecule has 1 aliphatic heterocycles. The summed E-state index contributed by atoms with van der Waals surface area (Å²) >= 11 is 7.62. The highest BCUT2D eigenvalue weighted by Crippen LogP contribution is 2.39. The smallest absolute Gasteiger partial charge is 0.233 e. The third-order valence-electron chi connectivity index (χ3n) is 4.21. The lowest BCUT2D eigenvalue weighted by Gasteiger charge is -2.24. The lowest BCUT2D eigenvalue weighted by molar-refractivity contribution is -0.128. The van der Waals surface area contributed by atoms with E-state index in [0.717, 1.165) is 17.5 Å². The second-order valence-corrected chi connectivity index (χ2v) is 7.25. The molecular formula is C19H20ClNO3S. The van der Waals surface area contributed by atoms with Crippen molar-refractivity contribution in [1.82, 2.24) is 4.90 Å². The van der Waals surface area contributed by atoms with Gasteiger partial charge in [-0.15, -0.1) is 11.8 Å². The number of carbonyl (C=O) groups excluding carboxylic acids is 1. The van der Waals surface area contributed by atoms with Gasteiger partial charge in [0, 0.05) is 11.6 Å². The molecule has 0 spiro atoms. The van der Waals surface area contributed by atoms with E-state index in [1.807, 2.05) is 47.4 Å². The molecule has 0 N–H and O–H groups in total. The summed E-state index contributed by atoms with van der Waals surface area (Å²) in [5.74, 6) is 2.10. The maximum absolute atomic E-state index is 12.3. The van der Waals surface area contributed by atoms with Gasteiger partial charge in [-0.1, -0.05) is 29.8 Å². The topological polar surface area (TPSA) is 38.8 Å². The Labute approximate surface area is 157 Å². The number of carbonyl (C=O) groups is 1. The molecule has 0 aliphatic carbocycles. The molecule has 1 heterocycles. The molecule has 132 valence electrons. The van der Waals surface area contributed by atoms with Crippen molar-refractivity contribution in [3.63, 3.8) is 0 Å². The van der Waals surface area contributed by atoms with E-state index in [0.29, 0.717) is 28.8 Å². The molecule has 0 radical (unpaired) electrons. The van der Waals surface area contributed by atoms with Gasteiger partial charge in [-0.2, -0.15) is 0 Å². The largest absolute Gasteiger partial charge is 0.493 e. The molecular weight excluding hydrogens is 358 g/mol. The number of thioether (sulfide) groups is 1. The van der Waals surface area contributed by atoms with Gasteiger partial charge in [-0.25, -0.2) is 0 Å². The van der Waals surface area contributed by atoms with Gasteiger partial charge in [0.25, 0.3) is 0 Å². The zero-order valence-electron chi connectivity index (χ0n) is 14.2. The first-order valence-electron chi connectivity index (χ1n) is 8.00. The average Bonchev–Trinajstić information content (AvgIpc) is 3.01. The SMILES string of the molecule is COc1ccc(CCN2C(=O)CS[C@@H]2c2ccc(Cl)cc2)cc1OC. The fourth-order valence-electron chi connectivity index (χ4n) is 2.89. The molecule has 0 bridgehead atoms. The second-order valence-electron chi connectivity index (χ2n) is 5.74. The Kier molecular flexibility index (Phi) is 5.76. The van der Waals surface area contributed by atoms with Crippen LogP contribution in [0.1, 0.15) is 16.5 Å². The van der Waals surface area contributed by atoms with Gasteiger partial charge in [0.2, 0.25) is 5.91 Å². The van der Waals surface area contributed by atoms with Crippen molar-refractivity contribution < 1.29 is 14.3 Å². The van der Waals surface area contributed by atoms with E-state index in [2.05, 4.69) is 0 Å². The van der Waals surface area contributed by atoms with Crippen molar-refractivity contribution in [2.24, 2.45) is 0 Å². The van der Waals surface area contributed by atoms with Crippen molar-refractivity contribution in [1.29, 1.82) is 0 Å². The van der Waals surface area contributed by atoms with Crippen molar-refractivity contribution in [3.05, 3.63) is 58.6 Å². The summed E-state index contributed by atoms with van der Waals surface area (Å²) < 4.78 is 10.6. The molecule has 1 saturated heterocycles. The summed E-state index contributed by atoms with van der Waals surface area (Å²) in [4.78, 5) is 14.2. The number of benzene rings is 2. The zero-order chi connectivity index (χ0) is 17.8. The second kappa shape index (κ2) is 8.02. The number of nitrogens with zero attached hydrogens (tertiary/aromatic N) is 1. The summed E-state index contributed by atoms with van der Waals surface area (Å²) in [7, 11) is 3.24. The Hall–Kier alpha value is -1.85. The molecule has 2 aromatic carbocycles. The minimum absolute atomic E-state index is 0.0462. The first kappa shape index (κ1) is 18.0. The molecule has 1 aliphatic rings. The molecule has 4 nitrogen and oxygen atoms in total. The molecule has 2 aromatic rings. The normalized spacial score (nSPS) is 17.0. The highest BCUT2D eigenvalue weighted by atomic mass is 35.5. The van der Waals surface area contributed by atoms with Gasteiger partial charge in [0.05, 0.1) is 20.0 Å². The van der Waals surface area contributed by atoms with Crippen LogP contribution in [0.3, 0.4) is 0 Å². The number of halogens is 1. The number of hydrogen-bond donors (Lipinski definition) is 0. The standard InChI is InChI=1S/C19H20ClNO3S/c1-23-16-8-3-13(11-17(16)24-2)9-10-21-18(22)12-25-19(21)14-4-6-15(20)7-5-14/h3-8,11,19H,9-10,12H2,1-2H3/t19-/m1/s1. The lowest BCUT2D eigenvalue weighted by Crippen LogP contribution is -2.30. The molecule has 25 heavy (non-hydrogen) atoms. The molecule has 0 saturated carbocycles. The average molecular weight is 378 g/mol. The summed E-state index contributed by atoms with van der Waals surface area (Å²) in [6.45, 7) is 0.661. The van der Waals surface area contributed by atoms with E-state index in [1.54, 1.807) is 26.0 Å². The van der Waals surface area contributed by atoms with Crippen molar-refractivity contribution in [2.45, 2.75) is 11.8 Å². The predicted molar refractivity (Wildman–Crippen MR) is 102 cm³/mol. The minimum Gasteiger partial charge on any atom is -0.493 e. The van der Waals surface area contributed by atoms with E-state index in [1.165, 1.54) is 0 Å². The van der Waals surface area contributed by atoms with Crippen LogP contribution in [0.2, 0.25) is 5.02 Å². The maximum Gasteiger partial charge on any atom is 0.233 e. The summed E-state index contributed by atoms with van der Waals surface area (Å²) in [5.41, 5.74) is 2.21. The highest BCUT2D eigenvalue weighted by Gasteiger charge is 2.32. The predicted octanol–water partition coefficient (Wildman–Crippen LogP) is 4.17. The minimum atomic E-state index is 0.0462. The van der Waals surface area contributed by atoms with E-state index >= 15 is 0 Å². The van der Waals surface area contributed by atoms with Crippen LogP contribution in [0.5, 0.6) is 11.5 Å². The quantitative estimate of drug-likeness (QED) is 0.757. The van der Waals surface area contributed by atoms with Gasteiger partial charge in [-0.05, 0) is 41.8 Å². The Bertz CT molecular complexity index is 751. The van der Waals surface area contributed by atoms with Crippen LogP contribution < -0.4 is 9.47 Å².